The summed E-state index contributed by atoms with van der Waals surface area (Å²) in [5.74, 6) is -3.29. The quantitative estimate of drug-likeness (QED) is 0.110. The number of hydrogen-bond acceptors (Lipinski definition) is 8. The zero-order valence-corrected chi connectivity index (χ0v) is 32.9. The van der Waals surface area contributed by atoms with Crippen molar-refractivity contribution in [3.05, 3.63) is 96.0 Å². The number of nitro benzene ring substituents is 2. The van der Waals surface area contributed by atoms with E-state index in [4.69, 9.17) is 5.73 Å². The number of halogens is 9. The Morgan fingerprint density at radius 2 is 1.10 bits per heavy atom. The van der Waals surface area contributed by atoms with Crippen LogP contribution in [0, 0.1) is 20.2 Å². The Hall–Kier alpha value is -5.41. The Bertz CT molecular complexity index is 2010. The molecule has 3 heterocycles. The van der Waals surface area contributed by atoms with Crippen molar-refractivity contribution in [2.24, 2.45) is 0 Å². The maximum atomic E-state index is 13.6. The zero-order chi connectivity index (χ0) is 44.3. The Morgan fingerprint density at radius 3 is 1.49 bits per heavy atom. The number of nitrogens with two attached hydrogens (primary N) is 1. The first-order valence-electron chi connectivity index (χ1n) is 17.9. The summed E-state index contributed by atoms with van der Waals surface area (Å²) in [6, 6.07) is 9.23. The number of benzene rings is 3. The molecule has 0 atom stereocenters. The van der Waals surface area contributed by atoms with Crippen molar-refractivity contribution in [3.63, 3.8) is 0 Å². The van der Waals surface area contributed by atoms with Gasteiger partial charge < -0.3 is 20.9 Å². The lowest BCUT2D eigenvalue weighted by molar-refractivity contribution is -0.385. The van der Waals surface area contributed by atoms with Crippen LogP contribution in [0.25, 0.3) is 0 Å². The molecule has 3 amide bonds. The molecular weight excluding hydrogens is 896 g/mol. The van der Waals surface area contributed by atoms with Gasteiger partial charge in [-0.25, -0.2) is 8.78 Å². The van der Waals surface area contributed by atoms with Crippen LogP contribution in [0.4, 0.5) is 63.6 Å². The predicted octanol–water partition coefficient (Wildman–Crippen LogP) is 11.2. The van der Waals surface area contributed by atoms with Gasteiger partial charge in [0.2, 0.25) is 17.7 Å². The van der Waals surface area contributed by atoms with Crippen LogP contribution in [-0.2, 0) is 32.7 Å². The first-order valence-corrected chi connectivity index (χ1v) is 18.7. The van der Waals surface area contributed by atoms with Crippen LogP contribution in [0.3, 0.4) is 0 Å². The predicted molar refractivity (Wildman–Crippen MR) is 219 cm³/mol. The van der Waals surface area contributed by atoms with Crippen molar-refractivity contribution in [2.45, 2.75) is 97.8 Å². The fraction of sp³-hybridized carbons (Fsp3) is 0.462. The summed E-state index contributed by atoms with van der Waals surface area (Å²) < 4.78 is 103. The summed E-state index contributed by atoms with van der Waals surface area (Å²) in [4.78, 5) is 55.4. The number of hydrogen-bond donors (Lipinski definition) is 2. The number of piperidine rings is 3. The second-order valence-corrected chi connectivity index (χ2v) is 14.2. The lowest BCUT2D eigenvalue weighted by Gasteiger charge is -2.30. The molecule has 3 saturated heterocycles. The number of amides is 3. The number of nitrogens with zero attached hydrogens (tertiary/aromatic N) is 4. The number of non-ortho nitro benzene ring substituents is 2. The van der Waals surface area contributed by atoms with Gasteiger partial charge in [0.1, 0.15) is 0 Å². The van der Waals surface area contributed by atoms with E-state index in [-0.39, 0.29) is 68.2 Å². The van der Waals surface area contributed by atoms with Crippen LogP contribution >= 0.6 is 15.9 Å². The van der Waals surface area contributed by atoms with Gasteiger partial charge in [-0.2, -0.15) is 26.3 Å². The highest BCUT2D eigenvalue weighted by atomic mass is 79.9. The Morgan fingerprint density at radius 1 is 0.656 bits per heavy atom. The number of carbonyl (C=O) groups is 3. The lowest BCUT2D eigenvalue weighted by atomic mass is 10.0. The fourth-order valence-corrected chi connectivity index (χ4v) is 6.40. The topological polar surface area (TPSA) is 182 Å². The normalized spacial score (nSPS) is 15.5. The Labute approximate surface area is 356 Å². The molecule has 3 fully saturated rings. The van der Waals surface area contributed by atoms with Crippen LogP contribution < -0.4 is 20.9 Å². The van der Waals surface area contributed by atoms with Crippen molar-refractivity contribution in [3.8, 4) is 0 Å². The minimum Gasteiger partial charge on any atom is -0.399 e. The number of rotatable bonds is 5. The standard InChI is InChI=1S/C13H16F2N2O.C12H11F3N2O3.C7H3BrF3NO2.C5H9NO.2CH4.H2/c1-13(14,15)10-8-9(16)5-6-11(10)17-7-3-2-4-12(17)18;13-12(14,15)9-7-8(17(19)20)4-5-10(9)16-6-2-1-3-11(16)18;8-6-2-1-4(12(13)14)3-5(6)7(9,10)11;7-5-3-1-2-4-6-5;;;/h5-6,8H,2-4,7,16H2,1H3;4-5,7H,1-3,6H2;1-3H;1-4H2,(H,6,7);2*1H4;1H. The average Bonchev–Trinajstić information content (AvgIpc) is 3.15. The molecule has 3 N–H and O–H groups in total. The van der Waals surface area contributed by atoms with Gasteiger partial charge in [-0.15, -0.1) is 0 Å². The lowest BCUT2D eigenvalue weighted by Crippen LogP contribution is -2.36. The number of nitrogens with one attached hydrogen (secondary N) is 1. The van der Waals surface area contributed by atoms with Crippen molar-refractivity contribution in [1.82, 2.24) is 5.32 Å². The minimum atomic E-state index is -4.75. The van der Waals surface area contributed by atoms with Crippen LogP contribution in [0.5, 0.6) is 0 Å². The summed E-state index contributed by atoms with van der Waals surface area (Å²) in [7, 11) is 0. The SMILES string of the molecule is C.C.CC(F)(F)c1cc(N)ccc1N1CCCCC1=O.O=C1CCCCN1.O=C1CCCCN1c1ccc([N+](=O)[O-])cc1C(F)(F)F.O=[N+]([O-])c1ccc(Br)c(C(F)(F)F)c1.[HH]. The highest BCUT2D eigenvalue weighted by molar-refractivity contribution is 9.10. The molecule has 0 bridgehead atoms. The van der Waals surface area contributed by atoms with Gasteiger partial charge in [0.15, 0.2) is 0 Å². The molecule has 0 unspecified atom stereocenters. The molecule has 3 aliphatic rings. The zero-order valence-electron chi connectivity index (χ0n) is 31.3. The van der Waals surface area contributed by atoms with Crippen LogP contribution in [0.15, 0.2) is 59.1 Å². The Kier molecular flexibility index (Phi) is 20.2. The molecular formula is C39H49BrF8N6O7. The summed E-state index contributed by atoms with van der Waals surface area (Å²) in [6.45, 7) is 2.39. The number of anilines is 3. The maximum Gasteiger partial charge on any atom is 0.418 e. The van der Waals surface area contributed by atoms with Gasteiger partial charge in [-0.1, -0.05) is 30.8 Å². The summed E-state index contributed by atoms with van der Waals surface area (Å²) in [5, 5.41) is 23.5. The molecule has 0 aromatic heterocycles. The Balaban J connectivity index is 0.000000824. The largest absolute Gasteiger partial charge is 0.418 e. The number of carbonyl (C=O) groups excluding carboxylic acids is 3. The van der Waals surface area contributed by atoms with Gasteiger partial charge in [-0.05, 0) is 68.9 Å². The molecule has 0 aliphatic carbocycles. The molecule has 3 aromatic carbocycles. The highest BCUT2D eigenvalue weighted by Crippen LogP contribution is 2.41. The molecule has 22 heteroatoms. The van der Waals surface area contributed by atoms with Crippen molar-refractivity contribution in [2.75, 3.05) is 35.2 Å². The highest BCUT2D eigenvalue weighted by Gasteiger charge is 2.38. The van der Waals surface area contributed by atoms with Gasteiger partial charge >= 0.3 is 12.4 Å². The molecule has 0 spiro atoms. The summed E-state index contributed by atoms with van der Waals surface area (Å²) in [6.07, 6.45) is -2.86. The third-order valence-electron chi connectivity index (χ3n) is 8.84. The van der Waals surface area contributed by atoms with E-state index in [1.54, 1.807) is 6.07 Å². The van der Waals surface area contributed by atoms with Crippen molar-refractivity contribution < 1.29 is 60.8 Å². The monoisotopic (exact) mass is 944 g/mol. The molecule has 0 radical (unpaired) electrons. The van der Waals surface area contributed by atoms with E-state index in [0.29, 0.717) is 37.9 Å². The van der Waals surface area contributed by atoms with Crippen LogP contribution in [0.2, 0.25) is 0 Å². The molecule has 0 saturated carbocycles. The first kappa shape index (κ1) is 53.6. The van der Waals surface area contributed by atoms with Gasteiger partial charge in [0, 0.05) is 87.2 Å². The minimum absolute atomic E-state index is 0. The summed E-state index contributed by atoms with van der Waals surface area (Å²) >= 11 is 2.67. The van der Waals surface area contributed by atoms with Crippen molar-refractivity contribution in [1.29, 1.82) is 0 Å². The van der Waals surface area contributed by atoms with E-state index >= 15 is 0 Å². The molecule has 340 valence electrons. The third kappa shape index (κ3) is 15.9. The molecule has 3 aromatic rings. The second-order valence-electron chi connectivity index (χ2n) is 13.4. The third-order valence-corrected chi connectivity index (χ3v) is 9.53. The number of nitrogen functional groups attached to an aromatic ring is 1. The van der Waals surface area contributed by atoms with E-state index < -0.39 is 56.5 Å². The number of nitro groups is 2. The van der Waals surface area contributed by atoms with E-state index in [2.05, 4.69) is 21.2 Å². The van der Waals surface area contributed by atoms with Gasteiger partial charge in [0.05, 0.1) is 32.3 Å². The molecule has 61 heavy (non-hydrogen) atoms. The van der Waals surface area contributed by atoms with E-state index in [1.807, 2.05) is 0 Å². The van der Waals surface area contributed by atoms with Gasteiger partial charge in [-0.3, -0.25) is 34.6 Å². The van der Waals surface area contributed by atoms with E-state index in [1.165, 1.54) is 17.0 Å². The average molecular weight is 946 g/mol. The van der Waals surface area contributed by atoms with E-state index in [9.17, 15) is 69.7 Å². The number of alkyl halides is 8. The van der Waals surface area contributed by atoms with Crippen LogP contribution in [0.1, 0.15) is 97.7 Å². The van der Waals surface area contributed by atoms with Gasteiger partial charge in [0.25, 0.3) is 17.3 Å². The smallest absolute Gasteiger partial charge is 0.399 e. The second kappa shape index (κ2) is 23.0. The van der Waals surface area contributed by atoms with Crippen LogP contribution in [-0.4, -0.2) is 47.2 Å². The summed E-state index contributed by atoms with van der Waals surface area (Å²) in [5.41, 5.74) is 2.18. The van der Waals surface area contributed by atoms with Crippen molar-refractivity contribution >= 4 is 62.1 Å². The van der Waals surface area contributed by atoms with E-state index in [0.717, 1.165) is 74.7 Å². The first-order chi connectivity index (χ1) is 27.4. The fourth-order valence-electron chi connectivity index (χ4n) is 5.93. The molecule has 3 aliphatic heterocycles. The molecule has 13 nitrogen and oxygen atoms in total. The molecule has 6 rings (SSSR count). The maximum absolute atomic E-state index is 13.6.